The van der Waals surface area contributed by atoms with Gasteiger partial charge < -0.3 is 14.8 Å². The van der Waals surface area contributed by atoms with E-state index in [2.05, 4.69) is 10.3 Å². The topological polar surface area (TPSA) is 101 Å². The fraction of sp³-hybridized carbons (Fsp3) is 0.429. The summed E-state index contributed by atoms with van der Waals surface area (Å²) in [5, 5.41) is 11.6. The van der Waals surface area contributed by atoms with Crippen LogP contribution in [0.25, 0.3) is 11.1 Å². The maximum Gasteiger partial charge on any atom is 0.270 e. The highest BCUT2D eigenvalue weighted by atomic mass is 16.6. The number of pyridine rings is 1. The predicted molar refractivity (Wildman–Crippen MR) is 105 cm³/mol. The minimum absolute atomic E-state index is 0.152. The number of nitrogens with zero attached hydrogens (tertiary/aromatic N) is 2. The van der Waals surface area contributed by atoms with Crippen LogP contribution in [0.5, 0.6) is 5.75 Å². The average molecular weight is 398 g/mol. The van der Waals surface area contributed by atoms with Gasteiger partial charge in [0.2, 0.25) is 10.8 Å². The predicted octanol–water partition coefficient (Wildman–Crippen LogP) is 3.11. The van der Waals surface area contributed by atoms with Gasteiger partial charge in [0.05, 0.1) is 18.1 Å². The van der Waals surface area contributed by atoms with E-state index in [1.54, 1.807) is 12.3 Å². The Balaban J connectivity index is 1.44. The first-order valence-electron chi connectivity index (χ1n) is 9.79. The highest BCUT2D eigenvalue weighted by Gasteiger charge is 2.56. The average Bonchev–Trinajstić information content (AvgIpc) is 3.52. The molecule has 4 rings (SSSR count). The molecule has 2 aliphatic rings. The third-order valence-corrected chi connectivity index (χ3v) is 5.36. The molecule has 0 radical (unpaired) electrons. The van der Waals surface area contributed by atoms with Crippen LogP contribution in [0.4, 0.5) is 5.82 Å². The van der Waals surface area contributed by atoms with Crippen molar-refractivity contribution in [2.24, 2.45) is 5.92 Å². The van der Waals surface area contributed by atoms with Crippen LogP contribution in [0.1, 0.15) is 24.8 Å². The molecule has 1 aromatic heterocycles. The molecular weight excluding hydrogens is 374 g/mol. The van der Waals surface area contributed by atoms with Crippen molar-refractivity contribution < 1.29 is 24.4 Å². The molecule has 8 nitrogen and oxygen atoms in total. The van der Waals surface area contributed by atoms with Gasteiger partial charge in [0.15, 0.2) is 0 Å². The van der Waals surface area contributed by atoms with Crippen molar-refractivity contribution in [3.8, 4) is 16.9 Å². The monoisotopic (exact) mass is 398 g/mol. The first kappa shape index (κ1) is 19.3. The second-order valence-electron chi connectivity index (χ2n) is 7.54. The van der Waals surface area contributed by atoms with Crippen molar-refractivity contribution in [2.75, 3.05) is 18.5 Å². The highest BCUT2D eigenvalue weighted by molar-refractivity contribution is 5.94. The van der Waals surface area contributed by atoms with Crippen molar-refractivity contribution >= 4 is 11.7 Å². The smallest absolute Gasteiger partial charge is 0.270 e. The Labute approximate surface area is 168 Å². The van der Waals surface area contributed by atoms with Crippen LogP contribution in [-0.4, -0.2) is 46.4 Å². The second-order valence-corrected chi connectivity index (χ2v) is 7.54. The third kappa shape index (κ3) is 4.54. The second kappa shape index (κ2) is 8.16. The molecule has 2 heterocycles. The van der Waals surface area contributed by atoms with E-state index in [0.717, 1.165) is 48.5 Å². The van der Waals surface area contributed by atoms with Crippen LogP contribution in [0, 0.1) is 17.7 Å². The van der Waals surface area contributed by atoms with E-state index >= 15 is 0 Å². The zero-order chi connectivity index (χ0) is 20.4. The Morgan fingerprint density at radius 3 is 2.69 bits per heavy atom. The van der Waals surface area contributed by atoms with Crippen LogP contribution < -0.4 is 10.1 Å². The maximum atomic E-state index is 12.2. The van der Waals surface area contributed by atoms with E-state index < -0.39 is 12.0 Å². The number of carbonyl (C=O) groups is 1. The van der Waals surface area contributed by atoms with Crippen molar-refractivity contribution in [3.63, 3.8) is 0 Å². The molecule has 1 saturated carbocycles. The Morgan fingerprint density at radius 2 is 2.00 bits per heavy atom. The number of rotatable bonds is 6. The number of ether oxygens (including phenoxy) is 2. The lowest BCUT2D eigenvalue weighted by atomic mass is 10.0. The Morgan fingerprint density at radius 1 is 1.24 bits per heavy atom. The lowest BCUT2D eigenvalue weighted by Crippen LogP contribution is -2.26. The number of nitrogens with one attached hydrogen (secondary N) is 1. The van der Waals surface area contributed by atoms with Gasteiger partial charge in [-0.15, -0.1) is 0 Å². The minimum Gasteiger partial charge on any atom is -0.490 e. The molecule has 0 spiro atoms. The van der Waals surface area contributed by atoms with Gasteiger partial charge >= 0.3 is 0 Å². The molecule has 1 aliphatic carbocycles. The molecular formula is C21H24N3O5+. The van der Waals surface area contributed by atoms with Crippen molar-refractivity contribution in [1.82, 2.24) is 4.98 Å². The van der Waals surface area contributed by atoms with Gasteiger partial charge in [-0.05, 0) is 47.9 Å². The standard InChI is InChI=1S/C21H23N3O5/c1-13-10-14(2-3-19(13)29-16-5-8-28-9-6-16)15-4-7-22-20(11-15)23-21(25)17-12-18(17)24(26)27/h2-4,7,10-11,16-18H,5-6,8-9,12H2,1H3,(H-,22,23,25,26,27)/p+1/t17-,18-/m0/s1. The largest absolute Gasteiger partial charge is 0.490 e. The normalized spacial score (nSPS) is 21.4. The number of anilines is 1. The van der Waals surface area contributed by atoms with E-state index in [1.165, 1.54) is 0 Å². The van der Waals surface area contributed by atoms with Crippen LogP contribution in [0.3, 0.4) is 0 Å². The summed E-state index contributed by atoms with van der Waals surface area (Å²) < 4.78 is 11.5. The molecule has 1 amide bonds. The molecule has 8 heteroatoms. The molecule has 29 heavy (non-hydrogen) atoms. The molecule has 0 unspecified atom stereocenters. The maximum absolute atomic E-state index is 12.2. The molecule has 1 aliphatic heterocycles. The van der Waals surface area contributed by atoms with Gasteiger partial charge in [-0.2, -0.15) is 0 Å². The van der Waals surface area contributed by atoms with Crippen LogP contribution in [0.15, 0.2) is 36.5 Å². The van der Waals surface area contributed by atoms with Gasteiger partial charge in [0.1, 0.15) is 23.6 Å². The third-order valence-electron chi connectivity index (χ3n) is 5.36. The van der Waals surface area contributed by atoms with Gasteiger partial charge in [-0.1, -0.05) is 6.07 Å². The fourth-order valence-electron chi connectivity index (χ4n) is 3.54. The van der Waals surface area contributed by atoms with E-state index in [0.29, 0.717) is 12.2 Å². The summed E-state index contributed by atoms with van der Waals surface area (Å²) in [6.07, 6.45) is 3.96. The number of hydrogen-bond acceptors (Lipinski definition) is 5. The first-order valence-corrected chi connectivity index (χ1v) is 9.79. The number of hydrogen-bond donors (Lipinski definition) is 2. The van der Waals surface area contributed by atoms with E-state index in [-0.39, 0.29) is 16.9 Å². The van der Waals surface area contributed by atoms with Crippen LogP contribution >= 0.6 is 0 Å². The molecule has 0 bridgehead atoms. The Kier molecular flexibility index (Phi) is 5.44. The summed E-state index contributed by atoms with van der Waals surface area (Å²) >= 11 is 0. The van der Waals surface area contributed by atoms with E-state index in [4.69, 9.17) is 14.7 Å². The van der Waals surface area contributed by atoms with Gasteiger partial charge in [0.25, 0.3) is 6.04 Å². The number of amides is 1. The summed E-state index contributed by atoms with van der Waals surface area (Å²) in [6, 6.07) is 9.00. The van der Waals surface area contributed by atoms with Crippen molar-refractivity contribution in [3.05, 3.63) is 47.0 Å². The molecule has 2 N–H and O–H groups in total. The molecule has 1 aromatic carbocycles. The number of aryl methyl sites for hydroxylation is 1. The molecule has 2 aromatic rings. The van der Waals surface area contributed by atoms with Crippen molar-refractivity contribution in [2.45, 2.75) is 38.3 Å². The number of benzene rings is 1. The lowest BCUT2D eigenvalue weighted by Gasteiger charge is -2.24. The Bertz CT molecular complexity index is 926. The van der Waals surface area contributed by atoms with Crippen LogP contribution in [-0.2, 0) is 9.53 Å². The van der Waals surface area contributed by atoms with E-state index in [9.17, 15) is 9.70 Å². The zero-order valence-corrected chi connectivity index (χ0v) is 16.2. The van der Waals surface area contributed by atoms with Gasteiger partial charge in [0, 0.05) is 25.5 Å². The summed E-state index contributed by atoms with van der Waals surface area (Å²) in [6.45, 7) is 3.49. The zero-order valence-electron chi connectivity index (χ0n) is 16.2. The molecule has 2 atom stereocenters. The summed E-state index contributed by atoms with van der Waals surface area (Å²) in [5.41, 5.74) is 2.94. The SMILES string of the molecule is Cc1cc(-c2ccnc(NC(=O)[C@H]3C[C@@H]3[N+](=O)O)c2)ccc1OC1CCOCC1. The quantitative estimate of drug-likeness (QED) is 0.725. The van der Waals surface area contributed by atoms with E-state index in [1.807, 2.05) is 31.2 Å². The van der Waals surface area contributed by atoms with Gasteiger partial charge in [-0.3, -0.25) is 4.79 Å². The summed E-state index contributed by atoms with van der Waals surface area (Å²) in [7, 11) is 0. The number of aromatic nitrogens is 1. The Hall–Kier alpha value is -3.00. The summed E-state index contributed by atoms with van der Waals surface area (Å²) in [5.74, 6) is 0.459. The molecule has 1 saturated heterocycles. The molecule has 152 valence electrons. The molecule has 2 fully saturated rings. The fourth-order valence-corrected chi connectivity index (χ4v) is 3.54. The number of carbonyl (C=O) groups excluding carboxylic acids is 1. The van der Waals surface area contributed by atoms with Gasteiger partial charge in [-0.25, -0.2) is 10.2 Å². The minimum atomic E-state index is -0.663. The van der Waals surface area contributed by atoms with Crippen molar-refractivity contribution in [1.29, 1.82) is 0 Å². The lowest BCUT2D eigenvalue weighted by molar-refractivity contribution is -0.802. The summed E-state index contributed by atoms with van der Waals surface area (Å²) in [4.78, 5) is 27.1. The van der Waals surface area contributed by atoms with Crippen LogP contribution in [0.2, 0.25) is 0 Å². The highest BCUT2D eigenvalue weighted by Crippen LogP contribution is 2.34. The first-order chi connectivity index (χ1) is 14.0.